The van der Waals surface area contributed by atoms with E-state index in [4.69, 9.17) is 36.9 Å². The first kappa shape index (κ1) is 30.1. The number of rotatable bonds is 11. The van der Waals surface area contributed by atoms with E-state index >= 15 is 4.39 Å². The molecule has 12 heteroatoms. The predicted octanol–water partition coefficient (Wildman–Crippen LogP) is 5.50. The van der Waals surface area contributed by atoms with Gasteiger partial charge in [-0.1, -0.05) is 12.1 Å². The number of halogens is 2. The number of nitrogens with zero attached hydrogens (tertiary/aromatic N) is 4. The molecule has 224 valence electrons. The highest BCUT2D eigenvalue weighted by molar-refractivity contribution is 7.80. The highest BCUT2D eigenvalue weighted by atomic mass is 32.1. The minimum Gasteiger partial charge on any atom is -0.493 e. The quantitative estimate of drug-likeness (QED) is 0.103. The van der Waals surface area contributed by atoms with Crippen LogP contribution >= 0.6 is 12.2 Å². The third-order valence-corrected chi connectivity index (χ3v) is 6.92. The molecule has 0 unspecified atom stereocenters. The van der Waals surface area contributed by atoms with Gasteiger partial charge in [-0.15, -0.1) is 0 Å². The lowest BCUT2D eigenvalue weighted by Gasteiger charge is -2.26. The molecule has 1 aliphatic rings. The molecule has 0 spiro atoms. The van der Waals surface area contributed by atoms with Gasteiger partial charge in [-0.2, -0.15) is 5.10 Å². The largest absolute Gasteiger partial charge is 0.493 e. The van der Waals surface area contributed by atoms with Crippen molar-refractivity contribution in [2.45, 2.75) is 6.42 Å². The number of ether oxygens (including phenoxy) is 4. The molecule has 0 atom stereocenters. The molecule has 1 fully saturated rings. The molecule has 0 radical (unpaired) electrons. The number of methoxy groups -OCH3 is 1. The van der Waals surface area contributed by atoms with E-state index in [1.54, 1.807) is 49.7 Å². The van der Waals surface area contributed by atoms with Gasteiger partial charge in [0.2, 0.25) is 0 Å². The molecule has 0 saturated carbocycles. The number of hydrazone groups is 1. The molecule has 0 amide bonds. The normalized spacial score (nSPS) is 13.7. The first-order chi connectivity index (χ1) is 20.9. The molecule has 1 aromatic heterocycles. The van der Waals surface area contributed by atoms with Crippen molar-refractivity contribution in [2.75, 3.05) is 51.6 Å². The third kappa shape index (κ3) is 7.72. The van der Waals surface area contributed by atoms with Gasteiger partial charge in [0, 0.05) is 43.4 Å². The second-order valence-corrected chi connectivity index (χ2v) is 10.1. The average Bonchev–Trinajstić information content (AvgIpc) is 3.01. The van der Waals surface area contributed by atoms with Gasteiger partial charge in [0.1, 0.15) is 11.6 Å². The van der Waals surface area contributed by atoms with Gasteiger partial charge in [0.05, 0.1) is 44.3 Å². The molecule has 0 bridgehead atoms. The van der Waals surface area contributed by atoms with Gasteiger partial charge >= 0.3 is 0 Å². The Kier molecular flexibility index (Phi) is 9.92. The number of nitrogens with two attached hydrogens (primary N) is 1. The van der Waals surface area contributed by atoms with Crippen molar-refractivity contribution >= 4 is 40.1 Å². The van der Waals surface area contributed by atoms with Crippen molar-refractivity contribution in [3.63, 3.8) is 0 Å². The van der Waals surface area contributed by atoms with Crippen LogP contribution < -0.4 is 25.0 Å². The lowest BCUT2D eigenvalue weighted by Crippen LogP contribution is -2.37. The SMILES string of the molecule is COc1cc2c(Oc3ccc(N(N=Cc4ccc(F)cc4)C(N)=S)cc3F)ccnc2cc1OCCCN1CCOCC1. The first-order valence-electron chi connectivity index (χ1n) is 13.7. The lowest BCUT2D eigenvalue weighted by molar-refractivity contribution is 0.0357. The number of fused-ring (bicyclic) bond motifs is 1. The molecule has 1 aliphatic heterocycles. The van der Waals surface area contributed by atoms with E-state index in [-0.39, 0.29) is 22.4 Å². The minimum atomic E-state index is -0.659. The number of thiocarbonyl (C=S) groups is 1. The zero-order chi connectivity index (χ0) is 30.2. The summed E-state index contributed by atoms with van der Waals surface area (Å²) < 4.78 is 51.5. The van der Waals surface area contributed by atoms with E-state index in [2.05, 4.69) is 15.0 Å². The minimum absolute atomic E-state index is 0.0240. The van der Waals surface area contributed by atoms with Crippen LogP contribution in [0, 0.1) is 11.6 Å². The highest BCUT2D eigenvalue weighted by Crippen LogP contribution is 2.38. The number of hydrogen-bond donors (Lipinski definition) is 1. The van der Waals surface area contributed by atoms with Gasteiger partial charge in [0.25, 0.3) is 0 Å². The van der Waals surface area contributed by atoms with Crippen molar-refractivity contribution in [3.05, 3.63) is 84.1 Å². The third-order valence-electron chi connectivity index (χ3n) is 6.75. The summed E-state index contributed by atoms with van der Waals surface area (Å²) in [5, 5.41) is 5.96. The molecular weight excluding hydrogens is 576 g/mol. The summed E-state index contributed by atoms with van der Waals surface area (Å²) in [5.74, 6) is 0.409. The van der Waals surface area contributed by atoms with Crippen LogP contribution in [0.2, 0.25) is 0 Å². The second-order valence-electron chi connectivity index (χ2n) is 9.65. The Morgan fingerprint density at radius 1 is 1.05 bits per heavy atom. The Hall–Kier alpha value is -4.39. The molecule has 43 heavy (non-hydrogen) atoms. The number of hydrogen-bond acceptors (Lipinski definition) is 8. The Labute approximate surface area is 253 Å². The summed E-state index contributed by atoms with van der Waals surface area (Å²) in [6, 6.07) is 15.1. The van der Waals surface area contributed by atoms with E-state index in [9.17, 15) is 4.39 Å². The van der Waals surface area contributed by atoms with Crippen LogP contribution in [0.5, 0.6) is 23.0 Å². The van der Waals surface area contributed by atoms with Gasteiger partial charge in [0.15, 0.2) is 28.2 Å². The number of benzene rings is 3. The monoisotopic (exact) mass is 607 g/mol. The Morgan fingerprint density at radius 2 is 1.84 bits per heavy atom. The maximum absolute atomic E-state index is 15.3. The van der Waals surface area contributed by atoms with E-state index < -0.39 is 5.82 Å². The predicted molar refractivity (Wildman–Crippen MR) is 165 cm³/mol. The van der Waals surface area contributed by atoms with Crippen LogP contribution in [-0.2, 0) is 4.74 Å². The zero-order valence-electron chi connectivity index (χ0n) is 23.5. The lowest BCUT2D eigenvalue weighted by atomic mass is 10.1. The van der Waals surface area contributed by atoms with Crippen LogP contribution in [0.25, 0.3) is 10.9 Å². The molecule has 2 heterocycles. The molecule has 0 aliphatic carbocycles. The number of morpholine rings is 1. The van der Waals surface area contributed by atoms with Crippen LogP contribution in [0.4, 0.5) is 14.5 Å². The molecule has 5 rings (SSSR count). The van der Waals surface area contributed by atoms with E-state index in [1.165, 1.54) is 35.5 Å². The maximum atomic E-state index is 15.3. The fourth-order valence-electron chi connectivity index (χ4n) is 4.53. The van der Waals surface area contributed by atoms with Crippen LogP contribution in [0.1, 0.15) is 12.0 Å². The standard InChI is InChI=1S/C31H31F2N5O4S/c1-39-29-18-24-26(19-30(29)41-14-2-11-37-12-15-40-16-13-37)35-10-9-27(24)42-28-8-7-23(17-25(28)33)38(31(34)43)36-20-21-3-5-22(32)6-4-21/h3-10,17-20H,2,11-16H2,1H3,(H2,34,43). The zero-order valence-corrected chi connectivity index (χ0v) is 24.4. The van der Waals surface area contributed by atoms with E-state index in [0.717, 1.165) is 39.3 Å². The summed E-state index contributed by atoms with van der Waals surface area (Å²) in [6.45, 7) is 4.83. The molecule has 2 N–H and O–H groups in total. The summed E-state index contributed by atoms with van der Waals surface area (Å²) >= 11 is 5.11. The number of aromatic nitrogens is 1. The van der Waals surface area contributed by atoms with Gasteiger partial charge in [-0.25, -0.2) is 13.8 Å². The van der Waals surface area contributed by atoms with Crippen molar-refractivity contribution in [3.8, 4) is 23.0 Å². The molecule has 1 saturated heterocycles. The van der Waals surface area contributed by atoms with Crippen LogP contribution in [0.3, 0.4) is 0 Å². The summed E-state index contributed by atoms with van der Waals surface area (Å²) in [6.07, 6.45) is 3.88. The summed E-state index contributed by atoms with van der Waals surface area (Å²) in [5.41, 5.74) is 7.34. The van der Waals surface area contributed by atoms with Crippen molar-refractivity contribution in [1.29, 1.82) is 0 Å². The first-order valence-corrected chi connectivity index (χ1v) is 14.1. The second kappa shape index (κ2) is 14.2. The van der Waals surface area contributed by atoms with Crippen molar-refractivity contribution in [2.24, 2.45) is 10.8 Å². The van der Waals surface area contributed by atoms with Gasteiger partial charge in [-0.3, -0.25) is 9.88 Å². The van der Waals surface area contributed by atoms with Crippen molar-refractivity contribution in [1.82, 2.24) is 9.88 Å². The Morgan fingerprint density at radius 3 is 2.56 bits per heavy atom. The van der Waals surface area contributed by atoms with Gasteiger partial charge in [-0.05, 0) is 60.6 Å². The van der Waals surface area contributed by atoms with Crippen LogP contribution in [-0.4, -0.2) is 67.8 Å². The van der Waals surface area contributed by atoms with E-state index in [0.29, 0.717) is 40.3 Å². The Bertz CT molecular complexity index is 1600. The summed E-state index contributed by atoms with van der Waals surface area (Å²) in [7, 11) is 1.56. The van der Waals surface area contributed by atoms with E-state index in [1.807, 2.05) is 0 Å². The smallest absolute Gasteiger partial charge is 0.191 e. The fraction of sp³-hybridized carbons (Fsp3) is 0.258. The fourth-order valence-corrected chi connectivity index (χ4v) is 4.68. The molecule has 3 aromatic carbocycles. The van der Waals surface area contributed by atoms with Crippen molar-refractivity contribution < 1.29 is 27.7 Å². The van der Waals surface area contributed by atoms with Crippen LogP contribution in [0.15, 0.2) is 72.0 Å². The average molecular weight is 608 g/mol. The molecular formula is C31H31F2N5O4S. The number of pyridine rings is 1. The van der Waals surface area contributed by atoms with Gasteiger partial charge < -0.3 is 24.7 Å². The molecule has 4 aromatic rings. The highest BCUT2D eigenvalue weighted by Gasteiger charge is 2.16. The maximum Gasteiger partial charge on any atom is 0.191 e. The number of anilines is 1. The topological polar surface area (TPSA) is 94.7 Å². The molecule has 9 nitrogen and oxygen atoms in total. The Balaban J connectivity index is 1.30. The summed E-state index contributed by atoms with van der Waals surface area (Å²) in [4.78, 5) is 6.80.